The number of hydrogen-bond acceptors (Lipinski definition) is 3. The Morgan fingerprint density at radius 2 is 1.91 bits per heavy atom. The van der Waals surface area contributed by atoms with Gasteiger partial charge >= 0.3 is 5.97 Å². The zero-order valence-electron chi connectivity index (χ0n) is 14.0. The van der Waals surface area contributed by atoms with Crippen molar-refractivity contribution in [1.29, 1.82) is 0 Å². The number of fused-ring (bicyclic) bond motifs is 1. The first-order chi connectivity index (χ1) is 10.6. The molecule has 3 nitrogen and oxygen atoms in total. The van der Waals surface area contributed by atoms with Crippen molar-refractivity contribution in [1.82, 2.24) is 0 Å². The van der Waals surface area contributed by atoms with Gasteiger partial charge in [0.05, 0.1) is 13.7 Å². The van der Waals surface area contributed by atoms with E-state index in [4.69, 9.17) is 4.74 Å². The number of carbonyl (C=O) groups excluding carboxylic acids is 1. The molecule has 0 radical (unpaired) electrons. The molecule has 0 saturated heterocycles. The molecular formula is C19H26O3. The van der Waals surface area contributed by atoms with Crippen LogP contribution in [-0.2, 0) is 9.53 Å². The summed E-state index contributed by atoms with van der Waals surface area (Å²) in [4.78, 5) is 9.96. The highest BCUT2D eigenvalue weighted by molar-refractivity contribution is 5.86. The highest BCUT2D eigenvalue weighted by atomic mass is 16.5. The van der Waals surface area contributed by atoms with Crippen LogP contribution in [0.5, 0.6) is 5.75 Å². The number of rotatable bonds is 5. The molecule has 0 saturated carbocycles. The van der Waals surface area contributed by atoms with Crippen molar-refractivity contribution < 1.29 is 14.3 Å². The van der Waals surface area contributed by atoms with Gasteiger partial charge in [-0.1, -0.05) is 44.5 Å². The Morgan fingerprint density at radius 1 is 1.14 bits per heavy atom. The summed E-state index contributed by atoms with van der Waals surface area (Å²) in [5, 5.41) is 2.57. The number of ether oxygens (including phenoxy) is 2. The molecule has 2 aromatic rings. The molecule has 0 aliphatic heterocycles. The highest BCUT2D eigenvalue weighted by Gasteiger charge is 1.99. The van der Waals surface area contributed by atoms with Gasteiger partial charge in [0.1, 0.15) is 5.75 Å². The van der Waals surface area contributed by atoms with Gasteiger partial charge in [-0.25, -0.2) is 0 Å². The number of unbranched alkanes of at least 4 members (excludes halogenated alkanes) is 1. The molecule has 0 atom stereocenters. The van der Waals surface area contributed by atoms with E-state index in [1.54, 1.807) is 6.92 Å². The van der Waals surface area contributed by atoms with Crippen molar-refractivity contribution in [2.75, 3.05) is 13.7 Å². The van der Waals surface area contributed by atoms with Gasteiger partial charge in [-0.2, -0.15) is 0 Å². The van der Waals surface area contributed by atoms with Gasteiger partial charge in [0.15, 0.2) is 0 Å². The van der Waals surface area contributed by atoms with E-state index in [0.29, 0.717) is 6.42 Å². The number of benzene rings is 2. The van der Waals surface area contributed by atoms with E-state index in [1.165, 1.54) is 29.9 Å². The predicted molar refractivity (Wildman–Crippen MR) is 91.4 cm³/mol. The van der Waals surface area contributed by atoms with E-state index >= 15 is 0 Å². The molecule has 0 spiro atoms. The van der Waals surface area contributed by atoms with Crippen LogP contribution in [-0.4, -0.2) is 19.7 Å². The van der Waals surface area contributed by atoms with Gasteiger partial charge in [-0.05, 0) is 41.8 Å². The Bertz CT molecular complexity index is 584. The molecular weight excluding hydrogens is 276 g/mol. The maximum atomic E-state index is 9.96. The molecule has 0 unspecified atom stereocenters. The molecule has 0 heterocycles. The van der Waals surface area contributed by atoms with Gasteiger partial charge in [0.25, 0.3) is 0 Å². The quantitative estimate of drug-likeness (QED) is 0.582. The van der Waals surface area contributed by atoms with Crippen LogP contribution in [0.25, 0.3) is 10.8 Å². The van der Waals surface area contributed by atoms with E-state index in [-0.39, 0.29) is 5.97 Å². The van der Waals surface area contributed by atoms with Gasteiger partial charge in [0.2, 0.25) is 0 Å². The normalized spacial score (nSPS) is 9.82. The lowest BCUT2D eigenvalue weighted by Gasteiger charge is -2.07. The maximum absolute atomic E-state index is 9.96. The fourth-order valence-electron chi connectivity index (χ4n) is 1.99. The molecule has 0 N–H and O–H groups in total. The fraction of sp³-hybridized carbons (Fsp3) is 0.421. The average Bonchev–Trinajstić information content (AvgIpc) is 2.55. The fourth-order valence-corrected chi connectivity index (χ4v) is 1.99. The molecule has 120 valence electrons. The van der Waals surface area contributed by atoms with Crippen molar-refractivity contribution in [3.63, 3.8) is 0 Å². The second-order valence-electron chi connectivity index (χ2n) is 5.09. The van der Waals surface area contributed by atoms with Crippen LogP contribution in [0.1, 0.15) is 38.7 Å². The average molecular weight is 302 g/mol. The summed E-state index contributed by atoms with van der Waals surface area (Å²) in [6.07, 6.45) is 2.76. The lowest BCUT2D eigenvalue weighted by atomic mass is 10.1. The van der Waals surface area contributed by atoms with Gasteiger partial charge < -0.3 is 9.47 Å². The van der Waals surface area contributed by atoms with E-state index in [0.717, 1.165) is 18.8 Å². The first-order valence-corrected chi connectivity index (χ1v) is 7.81. The molecule has 0 fully saturated rings. The van der Waals surface area contributed by atoms with Crippen LogP contribution in [0.2, 0.25) is 0 Å². The van der Waals surface area contributed by atoms with Crippen LogP contribution in [0.15, 0.2) is 36.4 Å². The summed E-state index contributed by atoms with van der Waals surface area (Å²) in [6.45, 7) is 6.88. The van der Waals surface area contributed by atoms with Gasteiger partial charge in [0, 0.05) is 6.42 Å². The summed E-state index contributed by atoms with van der Waals surface area (Å²) < 4.78 is 9.95. The third-order valence-electron chi connectivity index (χ3n) is 3.35. The van der Waals surface area contributed by atoms with Crippen molar-refractivity contribution >= 4 is 16.7 Å². The lowest BCUT2D eigenvalue weighted by Crippen LogP contribution is -1.96. The Labute approximate surface area is 133 Å². The smallest absolute Gasteiger partial charge is 0.305 e. The number of esters is 1. The first-order valence-electron chi connectivity index (χ1n) is 7.81. The molecule has 3 heteroatoms. The van der Waals surface area contributed by atoms with Crippen LogP contribution >= 0.6 is 0 Å². The zero-order chi connectivity index (χ0) is 16.4. The van der Waals surface area contributed by atoms with Crippen LogP contribution in [0.3, 0.4) is 0 Å². The van der Waals surface area contributed by atoms with E-state index in [9.17, 15) is 4.79 Å². The largest absolute Gasteiger partial charge is 0.494 e. The monoisotopic (exact) mass is 302 g/mol. The Balaban J connectivity index is 0.000000346. The van der Waals surface area contributed by atoms with Gasteiger partial charge in [-0.3, -0.25) is 4.79 Å². The second kappa shape index (κ2) is 9.82. The lowest BCUT2D eigenvalue weighted by molar-refractivity contribution is -0.140. The Kier molecular flexibility index (Phi) is 8.05. The molecule has 22 heavy (non-hydrogen) atoms. The third kappa shape index (κ3) is 5.76. The van der Waals surface area contributed by atoms with E-state index in [1.807, 2.05) is 0 Å². The summed E-state index contributed by atoms with van der Waals surface area (Å²) >= 11 is 0. The summed E-state index contributed by atoms with van der Waals surface area (Å²) in [5.41, 5.74) is 1.32. The standard InChI is InChI=1S/C15H18O.C4H8O2/c1-3-4-10-16-14-8-9-15-12(2)6-5-7-13(15)11-14;1-3-4(5)6-2/h5-9,11H,3-4,10H2,1-2H3;3H2,1-2H3. The molecule has 0 amide bonds. The summed E-state index contributed by atoms with van der Waals surface area (Å²) in [6, 6.07) is 12.7. The minimum absolute atomic E-state index is 0.157. The van der Waals surface area contributed by atoms with Crippen molar-refractivity contribution in [2.45, 2.75) is 40.0 Å². The summed E-state index contributed by atoms with van der Waals surface area (Å²) in [7, 11) is 1.38. The molecule has 2 aromatic carbocycles. The molecule has 0 aliphatic rings. The van der Waals surface area contributed by atoms with Crippen molar-refractivity contribution in [3.05, 3.63) is 42.0 Å². The van der Waals surface area contributed by atoms with Gasteiger partial charge in [-0.15, -0.1) is 0 Å². The number of aryl methyl sites for hydroxylation is 1. The van der Waals surface area contributed by atoms with Crippen LogP contribution in [0.4, 0.5) is 0 Å². The highest BCUT2D eigenvalue weighted by Crippen LogP contribution is 2.23. The predicted octanol–water partition coefficient (Wildman–Crippen LogP) is 4.90. The van der Waals surface area contributed by atoms with Crippen molar-refractivity contribution in [3.8, 4) is 5.75 Å². The number of hydrogen-bond donors (Lipinski definition) is 0. The molecule has 2 rings (SSSR count). The molecule has 0 aromatic heterocycles. The van der Waals surface area contributed by atoms with Crippen molar-refractivity contribution in [2.24, 2.45) is 0 Å². The number of carbonyl (C=O) groups is 1. The molecule has 0 aliphatic carbocycles. The van der Waals surface area contributed by atoms with Crippen LogP contribution in [0, 0.1) is 6.92 Å². The SMILES string of the molecule is CCC(=O)OC.CCCCOc1ccc2c(C)cccc2c1. The number of methoxy groups -OCH3 is 1. The minimum atomic E-state index is -0.157. The minimum Gasteiger partial charge on any atom is -0.494 e. The Hall–Kier alpha value is -2.03. The Morgan fingerprint density at radius 3 is 2.50 bits per heavy atom. The van der Waals surface area contributed by atoms with Crippen LogP contribution < -0.4 is 4.74 Å². The second-order valence-corrected chi connectivity index (χ2v) is 5.09. The maximum Gasteiger partial charge on any atom is 0.305 e. The van der Waals surface area contributed by atoms with E-state index in [2.05, 4.69) is 55.0 Å². The van der Waals surface area contributed by atoms with E-state index < -0.39 is 0 Å². The molecule has 0 bridgehead atoms. The summed E-state index contributed by atoms with van der Waals surface area (Å²) in [5.74, 6) is 0.821. The first kappa shape index (κ1) is 18.0. The topological polar surface area (TPSA) is 35.5 Å². The third-order valence-corrected chi connectivity index (χ3v) is 3.35. The zero-order valence-corrected chi connectivity index (χ0v) is 14.0.